The monoisotopic (exact) mass is 532 g/mol. The predicted octanol–water partition coefficient (Wildman–Crippen LogP) is 5.15. The molecule has 0 saturated heterocycles. The van der Waals surface area contributed by atoms with Gasteiger partial charge in [0, 0.05) is 5.30 Å². The van der Waals surface area contributed by atoms with Gasteiger partial charge in [0.05, 0.1) is 32.9 Å². The third-order valence-corrected chi connectivity index (χ3v) is 8.28. The maximum atomic E-state index is 14.7. The van der Waals surface area contributed by atoms with Crippen LogP contribution >= 0.6 is 23.1 Å². The molecule has 172 valence electrons. The summed E-state index contributed by atoms with van der Waals surface area (Å²) < 4.78 is 36.6. The van der Waals surface area contributed by atoms with Crippen molar-refractivity contribution in [2.45, 2.75) is 0 Å². The van der Waals surface area contributed by atoms with Gasteiger partial charge in [0.1, 0.15) is 34.1 Å². The van der Waals surface area contributed by atoms with Crippen LogP contribution in [-0.2, 0) is 4.57 Å². The van der Waals surface area contributed by atoms with Gasteiger partial charge in [-0.1, -0.05) is 36.4 Å². The van der Waals surface area contributed by atoms with Gasteiger partial charge in [-0.2, -0.15) is 0 Å². The first-order valence-corrected chi connectivity index (χ1v) is 12.2. The quantitative estimate of drug-likeness (QED) is 0.352. The number of halogens is 1. The normalized spacial score (nSPS) is 12.4. The molecule has 0 aliphatic rings. The molecule has 3 rings (SSSR count). The van der Waals surface area contributed by atoms with Crippen LogP contribution in [0.1, 0.15) is 20.7 Å². The van der Waals surface area contributed by atoms with Crippen molar-refractivity contribution < 1.29 is 33.1 Å². The Morgan fingerprint density at radius 3 is 1.70 bits per heavy atom. The van der Waals surface area contributed by atoms with E-state index in [2.05, 4.69) is 15.9 Å². The number of ether oxygens (including phenoxy) is 4. The minimum atomic E-state index is -4.50. The minimum absolute atomic E-state index is 0.0667. The molecule has 0 N–H and O–H groups in total. The van der Waals surface area contributed by atoms with Crippen LogP contribution in [0.3, 0.4) is 0 Å². The standard InChI is InChI=1S/C24H22BrO7P/c1-29-17-11-8-12-18(30-2)20(17)23(26)33(28,15-9-6-5-7-10-15)24(27)21-19(31-3)14-13-16(25)22(21)32-4/h5-14H,1-4H3. The number of carbonyl (C=O) groups is 2. The van der Waals surface area contributed by atoms with Crippen molar-refractivity contribution in [3.63, 3.8) is 0 Å². The first kappa shape index (κ1) is 24.6. The van der Waals surface area contributed by atoms with Crippen molar-refractivity contribution in [1.29, 1.82) is 0 Å². The van der Waals surface area contributed by atoms with Gasteiger partial charge in [-0.25, -0.2) is 0 Å². The van der Waals surface area contributed by atoms with E-state index in [1.165, 1.54) is 58.8 Å². The van der Waals surface area contributed by atoms with Crippen LogP contribution < -0.4 is 24.3 Å². The van der Waals surface area contributed by atoms with Crippen LogP contribution in [0.15, 0.2) is 65.1 Å². The van der Waals surface area contributed by atoms with Gasteiger partial charge < -0.3 is 23.5 Å². The summed E-state index contributed by atoms with van der Waals surface area (Å²) >= 11 is 3.34. The summed E-state index contributed by atoms with van der Waals surface area (Å²) in [5.41, 5.74) is -2.04. The average Bonchev–Trinajstić information content (AvgIpc) is 2.86. The van der Waals surface area contributed by atoms with E-state index in [0.717, 1.165) is 0 Å². The molecule has 0 heterocycles. The first-order chi connectivity index (χ1) is 15.8. The van der Waals surface area contributed by atoms with Crippen LogP contribution in [0.4, 0.5) is 0 Å². The van der Waals surface area contributed by atoms with Crippen LogP contribution in [0.5, 0.6) is 23.0 Å². The highest BCUT2D eigenvalue weighted by molar-refractivity contribution is 9.10. The van der Waals surface area contributed by atoms with Gasteiger partial charge in [0.2, 0.25) is 18.2 Å². The first-order valence-electron chi connectivity index (χ1n) is 9.72. The molecular formula is C24H22BrO7P. The number of benzene rings is 3. The molecule has 0 saturated carbocycles. The van der Waals surface area contributed by atoms with E-state index in [4.69, 9.17) is 18.9 Å². The highest BCUT2D eigenvalue weighted by Gasteiger charge is 2.47. The van der Waals surface area contributed by atoms with Gasteiger partial charge in [-0.15, -0.1) is 0 Å². The van der Waals surface area contributed by atoms with Gasteiger partial charge >= 0.3 is 0 Å². The van der Waals surface area contributed by atoms with E-state index in [0.29, 0.717) is 4.47 Å². The zero-order valence-corrected chi connectivity index (χ0v) is 20.9. The zero-order valence-electron chi connectivity index (χ0n) is 18.5. The number of rotatable bonds is 9. The van der Waals surface area contributed by atoms with Crippen LogP contribution in [0, 0.1) is 0 Å². The Labute approximate surface area is 200 Å². The smallest absolute Gasteiger partial charge is 0.249 e. The molecule has 1 atom stereocenters. The highest BCUT2D eigenvalue weighted by Crippen LogP contribution is 2.56. The van der Waals surface area contributed by atoms with Crippen molar-refractivity contribution in [2.24, 2.45) is 0 Å². The van der Waals surface area contributed by atoms with Gasteiger partial charge in [0.15, 0.2) is 0 Å². The van der Waals surface area contributed by atoms with Crippen LogP contribution in [0.25, 0.3) is 0 Å². The molecule has 33 heavy (non-hydrogen) atoms. The Kier molecular flexibility index (Phi) is 7.61. The summed E-state index contributed by atoms with van der Waals surface area (Å²) in [6, 6.07) is 15.7. The second-order valence-electron chi connectivity index (χ2n) is 6.75. The van der Waals surface area contributed by atoms with Crippen LogP contribution in [-0.4, -0.2) is 39.5 Å². The Bertz CT molecular complexity index is 1220. The Morgan fingerprint density at radius 1 is 0.667 bits per heavy atom. The fraction of sp³-hybridized carbons (Fsp3) is 0.167. The van der Waals surface area contributed by atoms with E-state index in [-0.39, 0.29) is 39.4 Å². The lowest BCUT2D eigenvalue weighted by molar-refractivity contribution is 0.103. The average molecular weight is 533 g/mol. The molecule has 3 aromatic carbocycles. The summed E-state index contributed by atoms with van der Waals surface area (Å²) in [4.78, 5) is 28.0. The molecule has 3 aromatic rings. The third kappa shape index (κ3) is 4.28. The lowest BCUT2D eigenvalue weighted by Gasteiger charge is -2.21. The largest absolute Gasteiger partial charge is 0.496 e. The zero-order chi connectivity index (χ0) is 24.2. The molecule has 0 amide bonds. The molecule has 1 unspecified atom stereocenters. The van der Waals surface area contributed by atoms with Crippen molar-refractivity contribution in [3.05, 3.63) is 76.3 Å². The Balaban J connectivity index is 2.37. The molecule has 0 radical (unpaired) electrons. The van der Waals surface area contributed by atoms with E-state index < -0.39 is 18.2 Å². The summed E-state index contributed by atoms with van der Waals surface area (Å²) in [5.74, 6) is 0.499. The minimum Gasteiger partial charge on any atom is -0.496 e. The molecule has 0 fully saturated rings. The maximum absolute atomic E-state index is 14.7. The Morgan fingerprint density at radius 2 is 1.18 bits per heavy atom. The van der Waals surface area contributed by atoms with Crippen molar-refractivity contribution >= 4 is 39.4 Å². The summed E-state index contributed by atoms with van der Waals surface area (Å²) in [5, 5.41) is 0.0667. The second kappa shape index (κ2) is 10.2. The van der Waals surface area contributed by atoms with Crippen LogP contribution in [0.2, 0.25) is 0 Å². The second-order valence-corrected chi connectivity index (χ2v) is 10.2. The molecule has 0 bridgehead atoms. The summed E-state index contributed by atoms with van der Waals surface area (Å²) in [6.07, 6.45) is 0. The van der Waals surface area contributed by atoms with Crippen molar-refractivity contribution in [1.82, 2.24) is 0 Å². The molecule has 0 aliphatic carbocycles. The summed E-state index contributed by atoms with van der Waals surface area (Å²) in [6.45, 7) is 0. The van der Waals surface area contributed by atoms with E-state index in [9.17, 15) is 14.2 Å². The molecule has 7 nitrogen and oxygen atoms in total. The van der Waals surface area contributed by atoms with Gasteiger partial charge in [-0.3, -0.25) is 9.59 Å². The fourth-order valence-electron chi connectivity index (χ4n) is 3.45. The fourth-order valence-corrected chi connectivity index (χ4v) is 6.25. The predicted molar refractivity (Wildman–Crippen MR) is 129 cm³/mol. The van der Waals surface area contributed by atoms with Gasteiger partial charge in [0.25, 0.3) is 0 Å². The number of hydrogen-bond donors (Lipinski definition) is 0. The van der Waals surface area contributed by atoms with E-state index in [1.807, 2.05) is 0 Å². The molecule has 0 spiro atoms. The lowest BCUT2D eigenvalue weighted by atomic mass is 10.2. The number of hydrogen-bond acceptors (Lipinski definition) is 7. The number of methoxy groups -OCH3 is 4. The maximum Gasteiger partial charge on any atom is 0.249 e. The van der Waals surface area contributed by atoms with Crippen molar-refractivity contribution in [2.75, 3.05) is 28.4 Å². The molecule has 0 aromatic heterocycles. The molecule has 9 heteroatoms. The van der Waals surface area contributed by atoms with E-state index >= 15 is 0 Å². The van der Waals surface area contributed by atoms with Gasteiger partial charge in [-0.05, 0) is 40.2 Å². The highest BCUT2D eigenvalue weighted by atomic mass is 79.9. The number of carbonyl (C=O) groups excluding carboxylic acids is 2. The molecular weight excluding hydrogens is 511 g/mol. The molecule has 0 aliphatic heterocycles. The van der Waals surface area contributed by atoms with E-state index in [1.54, 1.807) is 30.3 Å². The third-order valence-electron chi connectivity index (χ3n) is 5.04. The topological polar surface area (TPSA) is 88.1 Å². The summed E-state index contributed by atoms with van der Waals surface area (Å²) in [7, 11) is 0.999. The van der Waals surface area contributed by atoms with Crippen molar-refractivity contribution in [3.8, 4) is 23.0 Å². The SMILES string of the molecule is COc1cccc(OC)c1C(=O)P(=O)(C(=O)c1c(OC)ccc(Br)c1OC)c1ccccc1. The lowest BCUT2D eigenvalue weighted by Crippen LogP contribution is -2.22. The Hall–Kier alpha value is -3.09.